The Kier molecular flexibility index (Phi) is 4.17. The van der Waals surface area contributed by atoms with E-state index in [9.17, 15) is 15.3 Å². The van der Waals surface area contributed by atoms with E-state index < -0.39 is 10.7 Å². The molecule has 1 heterocycles. The summed E-state index contributed by atoms with van der Waals surface area (Å²) < 4.78 is 0.642. The molecule has 0 aliphatic heterocycles. The lowest BCUT2D eigenvalue weighted by atomic mass is 10.2. The van der Waals surface area contributed by atoms with Crippen molar-refractivity contribution < 1.29 is 10.1 Å². The number of hydrogen-bond acceptors (Lipinski definition) is 5. The summed E-state index contributed by atoms with van der Waals surface area (Å²) in [7, 11) is 0. The Morgan fingerprint density at radius 1 is 1.21 bits per heavy atom. The molecule has 3 rings (SSSR count). The second-order valence-corrected chi connectivity index (χ2v) is 5.79. The molecule has 9 heteroatoms. The van der Waals surface area contributed by atoms with Crippen molar-refractivity contribution in [1.82, 2.24) is 14.7 Å². The first-order valence-electron chi connectivity index (χ1n) is 6.90. The Morgan fingerprint density at radius 3 is 2.54 bits per heavy atom. The van der Waals surface area contributed by atoms with Crippen molar-refractivity contribution in [1.29, 1.82) is 0 Å². The van der Waals surface area contributed by atoms with Gasteiger partial charge in [0.1, 0.15) is 5.69 Å². The minimum atomic E-state index is -0.683. The van der Waals surface area contributed by atoms with Gasteiger partial charge in [0, 0.05) is 4.47 Å². The van der Waals surface area contributed by atoms with Gasteiger partial charge >= 0.3 is 5.82 Å². The first-order valence-corrected chi connectivity index (χ1v) is 7.69. The van der Waals surface area contributed by atoms with E-state index in [0.29, 0.717) is 20.7 Å². The molecular formula is C15H12BrN5O3. The van der Waals surface area contributed by atoms with Gasteiger partial charge in [0.05, 0.1) is 10.8 Å². The van der Waals surface area contributed by atoms with E-state index in [2.05, 4.69) is 26.0 Å². The van der Waals surface area contributed by atoms with Crippen LogP contribution >= 0.6 is 15.9 Å². The van der Waals surface area contributed by atoms with Crippen LogP contribution in [0.2, 0.25) is 0 Å². The summed E-state index contributed by atoms with van der Waals surface area (Å²) in [4.78, 5) is 16.4. The molecule has 0 saturated heterocycles. The number of aryl methyl sites for hydroxylation is 1. The van der Waals surface area contributed by atoms with Crippen LogP contribution in [0.5, 0.6) is 0 Å². The standard InChI is InChI=1S/C15H12BrN5O3/c1-10-6-2-5-9-13(10)19-18-15(21(23)24)14(20(19)22)17-12-8-4-3-7-11(12)16/h2-9,22H,1H3. The third-order valence-corrected chi connectivity index (χ3v) is 4.01. The summed E-state index contributed by atoms with van der Waals surface area (Å²) >= 11 is 3.32. The Bertz CT molecular complexity index is 993. The van der Waals surface area contributed by atoms with E-state index in [4.69, 9.17) is 0 Å². The second-order valence-electron chi connectivity index (χ2n) is 4.93. The summed E-state index contributed by atoms with van der Waals surface area (Å²) in [5, 5.41) is 25.6. The van der Waals surface area contributed by atoms with Crippen molar-refractivity contribution >= 4 is 27.4 Å². The molecule has 8 nitrogen and oxygen atoms in total. The van der Waals surface area contributed by atoms with E-state index >= 15 is 0 Å². The van der Waals surface area contributed by atoms with Gasteiger partial charge in [-0.2, -0.15) is 0 Å². The second kappa shape index (κ2) is 6.28. The highest BCUT2D eigenvalue weighted by molar-refractivity contribution is 9.10. The van der Waals surface area contributed by atoms with Crippen molar-refractivity contribution in [3.05, 3.63) is 74.2 Å². The Balaban J connectivity index is 2.30. The lowest BCUT2D eigenvalue weighted by Crippen LogP contribution is -2.22. The van der Waals surface area contributed by atoms with Crippen LogP contribution in [-0.2, 0) is 0 Å². The SMILES string of the molecule is Cc1ccccc1-n1nc([N+](=O)[O-])c(=Nc2ccccc2Br)n1O. The normalized spacial score (nSPS) is 11.7. The molecule has 0 bridgehead atoms. The number of nitrogens with zero attached hydrogens (tertiary/aromatic N) is 5. The predicted octanol–water partition coefficient (Wildman–Crippen LogP) is 3.12. The maximum atomic E-state index is 11.3. The molecule has 0 aliphatic carbocycles. The van der Waals surface area contributed by atoms with Crippen LogP contribution in [0.15, 0.2) is 58.0 Å². The smallest absolute Gasteiger partial charge is 0.409 e. The summed E-state index contributed by atoms with van der Waals surface area (Å²) in [6.45, 7) is 1.81. The molecule has 0 unspecified atom stereocenters. The number of rotatable bonds is 3. The molecule has 122 valence electrons. The number of nitro groups is 1. The largest absolute Gasteiger partial charge is 0.438 e. The molecule has 2 aromatic carbocycles. The average molecular weight is 390 g/mol. The fraction of sp³-hybridized carbons (Fsp3) is 0.0667. The first kappa shape index (κ1) is 15.9. The van der Waals surface area contributed by atoms with Crippen molar-refractivity contribution in [2.75, 3.05) is 0 Å². The van der Waals surface area contributed by atoms with Crippen LogP contribution in [0, 0.1) is 17.0 Å². The van der Waals surface area contributed by atoms with Crippen LogP contribution in [0.25, 0.3) is 5.69 Å². The molecule has 24 heavy (non-hydrogen) atoms. The van der Waals surface area contributed by atoms with Gasteiger partial charge in [0.2, 0.25) is 0 Å². The van der Waals surface area contributed by atoms with Gasteiger partial charge in [-0.25, -0.2) is 4.99 Å². The van der Waals surface area contributed by atoms with Crippen molar-refractivity contribution in [2.45, 2.75) is 6.92 Å². The summed E-state index contributed by atoms with van der Waals surface area (Å²) in [6, 6.07) is 14.0. The minimum Gasteiger partial charge on any atom is -0.409 e. The molecule has 0 spiro atoms. The molecule has 0 aliphatic rings. The molecular weight excluding hydrogens is 378 g/mol. The number of para-hydroxylation sites is 2. The van der Waals surface area contributed by atoms with Gasteiger partial charge in [0.25, 0.3) is 5.49 Å². The fourth-order valence-corrected chi connectivity index (χ4v) is 2.54. The van der Waals surface area contributed by atoms with Crippen molar-refractivity contribution in [3.63, 3.8) is 0 Å². The van der Waals surface area contributed by atoms with E-state index in [1.165, 1.54) is 0 Å². The molecule has 0 atom stereocenters. The van der Waals surface area contributed by atoms with E-state index in [1.54, 1.807) is 36.4 Å². The third-order valence-electron chi connectivity index (χ3n) is 3.34. The summed E-state index contributed by atoms with van der Waals surface area (Å²) in [6.07, 6.45) is 0. The molecule has 3 aromatic rings. The van der Waals surface area contributed by atoms with Crippen LogP contribution in [0.3, 0.4) is 0 Å². The first-order chi connectivity index (χ1) is 11.5. The number of halogens is 1. The van der Waals surface area contributed by atoms with Crippen molar-refractivity contribution in [3.8, 4) is 5.69 Å². The lowest BCUT2D eigenvalue weighted by Gasteiger charge is -2.03. The topological polar surface area (TPSA) is 98.5 Å². The number of hydrogen-bond donors (Lipinski definition) is 1. The zero-order chi connectivity index (χ0) is 17.3. The highest BCUT2D eigenvalue weighted by atomic mass is 79.9. The summed E-state index contributed by atoms with van der Waals surface area (Å²) in [5.41, 5.74) is 1.48. The highest BCUT2D eigenvalue weighted by Crippen LogP contribution is 2.24. The van der Waals surface area contributed by atoms with E-state index in [1.807, 2.05) is 19.1 Å². The molecule has 0 fully saturated rings. The molecule has 1 N–H and O–H groups in total. The van der Waals surface area contributed by atoms with Crippen LogP contribution in [-0.4, -0.2) is 24.9 Å². The van der Waals surface area contributed by atoms with Gasteiger partial charge in [-0.1, -0.05) is 35.2 Å². The maximum Gasteiger partial charge on any atom is 0.438 e. The Morgan fingerprint density at radius 2 is 1.88 bits per heavy atom. The number of aromatic nitrogens is 3. The molecule has 0 amide bonds. The Labute approximate surface area is 144 Å². The van der Waals surface area contributed by atoms with Gasteiger partial charge in [-0.05, 0) is 56.3 Å². The highest BCUT2D eigenvalue weighted by Gasteiger charge is 2.25. The lowest BCUT2D eigenvalue weighted by molar-refractivity contribution is -0.391. The monoisotopic (exact) mass is 389 g/mol. The van der Waals surface area contributed by atoms with Gasteiger partial charge in [0.15, 0.2) is 0 Å². The molecule has 0 saturated carbocycles. The average Bonchev–Trinajstić information content (AvgIpc) is 2.87. The quantitative estimate of drug-likeness (QED) is 0.422. The zero-order valence-corrected chi connectivity index (χ0v) is 14.1. The maximum absolute atomic E-state index is 11.3. The van der Waals surface area contributed by atoms with Crippen LogP contribution in [0.4, 0.5) is 11.5 Å². The van der Waals surface area contributed by atoms with Crippen molar-refractivity contribution in [2.24, 2.45) is 4.99 Å². The zero-order valence-electron chi connectivity index (χ0n) is 12.5. The van der Waals surface area contributed by atoms with E-state index in [-0.39, 0.29) is 5.49 Å². The minimum absolute atomic E-state index is 0.268. The molecule has 0 radical (unpaired) electrons. The fourth-order valence-electron chi connectivity index (χ4n) is 2.17. The molecule has 1 aromatic heterocycles. The predicted molar refractivity (Wildman–Crippen MR) is 89.5 cm³/mol. The van der Waals surface area contributed by atoms with Crippen LogP contribution in [0.1, 0.15) is 5.56 Å². The third kappa shape index (κ3) is 2.81. The van der Waals surface area contributed by atoms with Gasteiger partial charge in [-0.15, -0.1) is 0 Å². The number of benzene rings is 2. The Hall–Kier alpha value is -2.94. The van der Waals surface area contributed by atoms with Crippen LogP contribution < -0.4 is 5.49 Å². The van der Waals surface area contributed by atoms with E-state index in [0.717, 1.165) is 10.4 Å². The van der Waals surface area contributed by atoms with Gasteiger partial charge < -0.3 is 15.3 Å². The van der Waals surface area contributed by atoms with Gasteiger partial charge in [-0.3, -0.25) is 0 Å². The summed E-state index contributed by atoms with van der Waals surface area (Å²) in [5.74, 6) is -0.545.